The average molecular weight is 380 g/mol. The maximum atomic E-state index is 12.8. The fraction of sp³-hybridized carbons (Fsp3) is 0.286. The summed E-state index contributed by atoms with van der Waals surface area (Å²) in [6.45, 7) is 3.22. The first kappa shape index (κ1) is 18.0. The summed E-state index contributed by atoms with van der Waals surface area (Å²) in [5.74, 6) is -0.445. The number of aromatic nitrogens is 1. The lowest BCUT2D eigenvalue weighted by Gasteiger charge is -2.24. The van der Waals surface area contributed by atoms with Gasteiger partial charge in [0.25, 0.3) is 11.7 Å². The van der Waals surface area contributed by atoms with Crippen LogP contribution in [0, 0.1) is 0 Å². The van der Waals surface area contributed by atoms with Gasteiger partial charge in [-0.05, 0) is 42.3 Å². The van der Waals surface area contributed by atoms with E-state index in [0.717, 1.165) is 5.56 Å². The van der Waals surface area contributed by atoms with Gasteiger partial charge in [0.05, 0.1) is 11.6 Å². The van der Waals surface area contributed by atoms with Crippen molar-refractivity contribution in [1.29, 1.82) is 0 Å². The Morgan fingerprint density at radius 3 is 2.57 bits per heavy atom. The van der Waals surface area contributed by atoms with Gasteiger partial charge in [-0.25, -0.2) is 0 Å². The van der Waals surface area contributed by atoms with E-state index < -0.39 is 17.7 Å². The van der Waals surface area contributed by atoms with E-state index >= 15 is 0 Å². The molecule has 0 radical (unpaired) electrons. The van der Waals surface area contributed by atoms with Crippen molar-refractivity contribution < 1.29 is 24.2 Å². The molecule has 1 aromatic carbocycles. The molecule has 2 aromatic rings. The van der Waals surface area contributed by atoms with Crippen molar-refractivity contribution in [1.82, 2.24) is 9.88 Å². The number of hydrogen-bond donors (Lipinski definition) is 1. The molecule has 0 bridgehead atoms. The van der Waals surface area contributed by atoms with Crippen molar-refractivity contribution in [3.8, 4) is 11.5 Å². The summed E-state index contributed by atoms with van der Waals surface area (Å²) < 4.78 is 11.1. The largest absolute Gasteiger partial charge is 0.507 e. The lowest BCUT2D eigenvalue weighted by atomic mass is 9.95. The molecule has 1 fully saturated rings. The van der Waals surface area contributed by atoms with Crippen LogP contribution in [-0.2, 0) is 9.59 Å². The highest BCUT2D eigenvalue weighted by atomic mass is 16.6. The van der Waals surface area contributed by atoms with Crippen LogP contribution < -0.4 is 9.47 Å². The normalized spacial score (nSPS) is 20.5. The first-order valence-corrected chi connectivity index (χ1v) is 9.20. The molecule has 144 valence electrons. The third kappa shape index (κ3) is 2.98. The van der Waals surface area contributed by atoms with E-state index in [0.29, 0.717) is 43.2 Å². The predicted molar refractivity (Wildman–Crippen MR) is 101 cm³/mol. The van der Waals surface area contributed by atoms with Gasteiger partial charge < -0.3 is 19.5 Å². The highest BCUT2D eigenvalue weighted by molar-refractivity contribution is 6.46. The number of Topliss-reactive ketones (excluding diaryl/α,β-unsaturated/α-hetero) is 1. The molecule has 1 saturated heterocycles. The molecule has 1 aromatic heterocycles. The third-order valence-electron chi connectivity index (χ3n) is 4.84. The zero-order chi connectivity index (χ0) is 19.7. The molecule has 0 saturated carbocycles. The van der Waals surface area contributed by atoms with Crippen molar-refractivity contribution in [3.63, 3.8) is 0 Å². The second kappa shape index (κ2) is 7.34. The average Bonchev–Trinajstić information content (AvgIpc) is 2.99. The third-order valence-corrected chi connectivity index (χ3v) is 4.84. The van der Waals surface area contributed by atoms with Gasteiger partial charge in [-0.2, -0.15) is 0 Å². The SMILES string of the molecule is CCCN1C(=O)C(=O)/C(=C(\O)c2ccc3c(c2)OCCO3)C1c1ccncc1. The van der Waals surface area contributed by atoms with Crippen LogP contribution in [0.5, 0.6) is 11.5 Å². The number of rotatable bonds is 4. The minimum absolute atomic E-state index is 0.0707. The number of aliphatic hydroxyl groups excluding tert-OH is 1. The zero-order valence-electron chi connectivity index (χ0n) is 15.4. The van der Waals surface area contributed by atoms with E-state index in [1.165, 1.54) is 4.90 Å². The summed E-state index contributed by atoms with van der Waals surface area (Å²) in [7, 11) is 0. The Morgan fingerprint density at radius 1 is 1.14 bits per heavy atom. The van der Waals surface area contributed by atoms with Crippen LogP contribution in [0.3, 0.4) is 0 Å². The van der Waals surface area contributed by atoms with Crippen LogP contribution in [-0.4, -0.2) is 46.4 Å². The number of ether oxygens (including phenoxy) is 2. The van der Waals surface area contributed by atoms with Gasteiger partial charge >= 0.3 is 0 Å². The van der Waals surface area contributed by atoms with Crippen molar-refractivity contribution in [3.05, 3.63) is 59.4 Å². The monoisotopic (exact) mass is 380 g/mol. The van der Waals surface area contributed by atoms with E-state index in [4.69, 9.17) is 9.47 Å². The predicted octanol–water partition coefficient (Wildman–Crippen LogP) is 2.68. The lowest BCUT2D eigenvalue weighted by Crippen LogP contribution is -2.30. The van der Waals surface area contributed by atoms with Crippen LogP contribution >= 0.6 is 0 Å². The first-order valence-electron chi connectivity index (χ1n) is 9.20. The fourth-order valence-corrected chi connectivity index (χ4v) is 3.59. The molecule has 4 rings (SSSR count). The number of ketones is 1. The fourth-order valence-electron chi connectivity index (χ4n) is 3.59. The number of nitrogens with zero attached hydrogens (tertiary/aromatic N) is 2. The highest BCUT2D eigenvalue weighted by Crippen LogP contribution is 2.40. The van der Waals surface area contributed by atoms with Crippen molar-refractivity contribution in [2.24, 2.45) is 0 Å². The Kier molecular flexibility index (Phi) is 4.73. The zero-order valence-corrected chi connectivity index (χ0v) is 15.4. The van der Waals surface area contributed by atoms with Crippen LogP contribution in [0.25, 0.3) is 5.76 Å². The Bertz CT molecular complexity index is 955. The van der Waals surface area contributed by atoms with E-state index in [1.807, 2.05) is 6.92 Å². The molecule has 28 heavy (non-hydrogen) atoms. The van der Waals surface area contributed by atoms with Crippen LogP contribution in [0.2, 0.25) is 0 Å². The number of benzene rings is 1. The maximum Gasteiger partial charge on any atom is 0.295 e. The number of hydrogen-bond acceptors (Lipinski definition) is 6. The molecule has 7 nitrogen and oxygen atoms in total. The molecule has 0 aliphatic carbocycles. The first-order chi connectivity index (χ1) is 13.6. The summed E-state index contributed by atoms with van der Waals surface area (Å²) in [5.41, 5.74) is 1.20. The molecule has 2 aliphatic heterocycles. The van der Waals surface area contributed by atoms with Crippen LogP contribution in [0.1, 0.15) is 30.5 Å². The molecule has 1 atom stereocenters. The standard InChI is InChI=1S/C21H20N2O5/c1-2-9-23-18(13-5-7-22-8-6-13)17(20(25)21(23)26)19(24)14-3-4-15-16(12-14)28-11-10-27-15/h3-8,12,18,24H,2,9-11H2,1H3/b19-17-. The molecular formula is C21H20N2O5. The van der Waals surface area contributed by atoms with Gasteiger partial charge in [-0.1, -0.05) is 6.92 Å². The van der Waals surface area contributed by atoms with E-state index in [-0.39, 0.29) is 11.3 Å². The summed E-state index contributed by atoms with van der Waals surface area (Å²) in [5, 5.41) is 11.0. The molecule has 1 N–H and O–H groups in total. The molecule has 7 heteroatoms. The molecule has 2 aliphatic rings. The number of fused-ring (bicyclic) bond motifs is 1. The minimum atomic E-state index is -0.692. The highest BCUT2D eigenvalue weighted by Gasteiger charge is 2.45. The van der Waals surface area contributed by atoms with Crippen LogP contribution in [0.15, 0.2) is 48.3 Å². The second-order valence-corrected chi connectivity index (χ2v) is 6.63. The molecule has 3 heterocycles. The Hall–Kier alpha value is -3.35. The summed E-state index contributed by atoms with van der Waals surface area (Å²) in [6, 6.07) is 7.80. The van der Waals surface area contributed by atoms with Gasteiger partial charge in [0.1, 0.15) is 19.0 Å². The molecular weight excluding hydrogens is 360 g/mol. The molecule has 1 unspecified atom stereocenters. The smallest absolute Gasteiger partial charge is 0.295 e. The number of pyridine rings is 1. The number of likely N-dealkylation sites (tertiary alicyclic amines) is 1. The second-order valence-electron chi connectivity index (χ2n) is 6.63. The van der Waals surface area contributed by atoms with Crippen molar-refractivity contribution in [2.45, 2.75) is 19.4 Å². The number of carbonyl (C=O) groups excluding carboxylic acids is 2. The Morgan fingerprint density at radius 2 is 1.86 bits per heavy atom. The number of carbonyl (C=O) groups is 2. The summed E-state index contributed by atoms with van der Waals surface area (Å²) in [4.78, 5) is 30.9. The Labute approximate surface area is 162 Å². The summed E-state index contributed by atoms with van der Waals surface area (Å²) >= 11 is 0. The lowest BCUT2D eigenvalue weighted by molar-refractivity contribution is -0.139. The molecule has 1 amide bonds. The van der Waals surface area contributed by atoms with Gasteiger partial charge in [0, 0.05) is 24.5 Å². The Balaban J connectivity index is 1.84. The maximum absolute atomic E-state index is 12.8. The minimum Gasteiger partial charge on any atom is -0.507 e. The van der Waals surface area contributed by atoms with Gasteiger partial charge in [-0.3, -0.25) is 14.6 Å². The topological polar surface area (TPSA) is 89.0 Å². The van der Waals surface area contributed by atoms with E-state index in [1.54, 1.807) is 42.7 Å². The van der Waals surface area contributed by atoms with Crippen molar-refractivity contribution in [2.75, 3.05) is 19.8 Å². The van der Waals surface area contributed by atoms with Crippen molar-refractivity contribution >= 4 is 17.4 Å². The van der Waals surface area contributed by atoms with E-state index in [2.05, 4.69) is 4.98 Å². The number of amides is 1. The van der Waals surface area contributed by atoms with Crippen LogP contribution in [0.4, 0.5) is 0 Å². The summed E-state index contributed by atoms with van der Waals surface area (Å²) in [6.07, 6.45) is 3.90. The van der Waals surface area contributed by atoms with Gasteiger partial charge in [0.2, 0.25) is 0 Å². The quantitative estimate of drug-likeness (QED) is 0.498. The number of aliphatic hydroxyl groups is 1. The van der Waals surface area contributed by atoms with E-state index in [9.17, 15) is 14.7 Å². The van der Waals surface area contributed by atoms with Gasteiger partial charge in [0.15, 0.2) is 11.5 Å². The molecule has 0 spiro atoms. The van der Waals surface area contributed by atoms with Gasteiger partial charge in [-0.15, -0.1) is 0 Å².